The number of nitrogens with zero attached hydrogens (tertiary/aromatic N) is 4. The van der Waals surface area contributed by atoms with E-state index in [1.54, 1.807) is 29.7 Å². The summed E-state index contributed by atoms with van der Waals surface area (Å²) in [5.41, 5.74) is 0.396. The second-order valence-electron chi connectivity index (χ2n) is 6.93. The molecule has 0 aliphatic carbocycles. The highest BCUT2D eigenvalue weighted by Crippen LogP contribution is 2.32. The van der Waals surface area contributed by atoms with Gasteiger partial charge in [-0.25, -0.2) is 0 Å². The van der Waals surface area contributed by atoms with Crippen LogP contribution in [-0.2, 0) is 11.2 Å². The molecular formula is C19H22N4O2S. The van der Waals surface area contributed by atoms with Crippen molar-refractivity contribution in [3.05, 3.63) is 46.4 Å². The van der Waals surface area contributed by atoms with Gasteiger partial charge in [-0.05, 0) is 48.8 Å². The maximum absolute atomic E-state index is 12.6. The Morgan fingerprint density at radius 1 is 1.27 bits per heavy atom. The molecule has 0 N–H and O–H groups in total. The van der Waals surface area contributed by atoms with E-state index < -0.39 is 0 Å². The Balaban J connectivity index is 1.41. The van der Waals surface area contributed by atoms with Crippen LogP contribution in [0.5, 0.6) is 0 Å². The van der Waals surface area contributed by atoms with Crippen molar-refractivity contribution in [2.45, 2.75) is 31.7 Å². The van der Waals surface area contributed by atoms with Crippen molar-refractivity contribution < 1.29 is 9.59 Å². The number of aromatic nitrogens is 2. The molecule has 0 aromatic carbocycles. The Hall–Kier alpha value is -2.28. The molecule has 0 radical (unpaired) electrons. The van der Waals surface area contributed by atoms with Gasteiger partial charge in [-0.1, -0.05) is 6.07 Å². The molecule has 0 spiro atoms. The molecular weight excluding hydrogens is 348 g/mol. The molecule has 0 unspecified atom stereocenters. The Morgan fingerprint density at radius 3 is 2.96 bits per heavy atom. The number of rotatable bonds is 4. The summed E-state index contributed by atoms with van der Waals surface area (Å²) in [5.74, 6) is 0.556. The van der Waals surface area contributed by atoms with Crippen molar-refractivity contribution in [3.63, 3.8) is 0 Å². The Morgan fingerprint density at radius 2 is 2.19 bits per heavy atom. The minimum absolute atomic E-state index is 0.0569. The summed E-state index contributed by atoms with van der Waals surface area (Å²) in [7, 11) is 0. The van der Waals surface area contributed by atoms with Crippen molar-refractivity contribution in [3.8, 4) is 0 Å². The molecule has 2 aliphatic heterocycles. The van der Waals surface area contributed by atoms with Gasteiger partial charge in [-0.3, -0.25) is 9.59 Å². The summed E-state index contributed by atoms with van der Waals surface area (Å²) in [6.45, 7) is 2.14. The second-order valence-corrected chi connectivity index (χ2v) is 7.96. The largest absolute Gasteiger partial charge is 0.339 e. The first-order valence-corrected chi connectivity index (χ1v) is 9.99. The Labute approximate surface area is 156 Å². The molecule has 26 heavy (non-hydrogen) atoms. The zero-order valence-electron chi connectivity index (χ0n) is 14.6. The average Bonchev–Trinajstić information content (AvgIpc) is 3.20. The molecule has 2 aliphatic rings. The lowest BCUT2D eigenvalue weighted by molar-refractivity contribution is -0.140. The third-order valence-electron chi connectivity index (χ3n) is 5.40. The van der Waals surface area contributed by atoms with E-state index in [-0.39, 0.29) is 17.9 Å². The lowest BCUT2D eigenvalue weighted by Gasteiger charge is -2.47. The lowest BCUT2D eigenvalue weighted by atomic mass is 9.83. The van der Waals surface area contributed by atoms with Gasteiger partial charge in [-0.2, -0.15) is 5.10 Å². The molecule has 2 saturated heterocycles. The number of hydrogen-bond acceptors (Lipinski definition) is 5. The molecule has 2 amide bonds. The fraction of sp³-hybridized carbons (Fsp3) is 0.474. The summed E-state index contributed by atoms with van der Waals surface area (Å²) in [6.07, 6.45) is 4.77. The van der Waals surface area contributed by atoms with Gasteiger partial charge in [0, 0.05) is 43.2 Å². The number of likely N-dealkylation sites (tertiary alicyclic amines) is 2. The molecule has 6 nitrogen and oxygen atoms in total. The summed E-state index contributed by atoms with van der Waals surface area (Å²) in [5, 5.41) is 9.82. The van der Waals surface area contributed by atoms with Crippen molar-refractivity contribution in [1.82, 2.24) is 20.0 Å². The van der Waals surface area contributed by atoms with Crippen LogP contribution in [0.4, 0.5) is 0 Å². The van der Waals surface area contributed by atoms with E-state index in [0.29, 0.717) is 31.1 Å². The van der Waals surface area contributed by atoms with Gasteiger partial charge < -0.3 is 9.80 Å². The predicted molar refractivity (Wildman–Crippen MR) is 98.8 cm³/mol. The highest BCUT2D eigenvalue weighted by atomic mass is 32.1. The quantitative estimate of drug-likeness (QED) is 0.828. The van der Waals surface area contributed by atoms with Gasteiger partial charge in [0.25, 0.3) is 5.91 Å². The van der Waals surface area contributed by atoms with Gasteiger partial charge in [0.1, 0.15) is 0 Å². The van der Waals surface area contributed by atoms with E-state index in [1.165, 1.54) is 4.88 Å². The second kappa shape index (κ2) is 7.53. The van der Waals surface area contributed by atoms with Crippen molar-refractivity contribution >= 4 is 23.2 Å². The summed E-state index contributed by atoms with van der Waals surface area (Å²) < 4.78 is 0. The van der Waals surface area contributed by atoms with Crippen LogP contribution >= 0.6 is 11.3 Å². The van der Waals surface area contributed by atoms with Crippen molar-refractivity contribution in [1.29, 1.82) is 0 Å². The zero-order chi connectivity index (χ0) is 17.9. The van der Waals surface area contributed by atoms with Gasteiger partial charge in [0.15, 0.2) is 5.69 Å². The standard InChI is InChI=1S/C19H22N4O2S/c24-18-6-5-14-13-22(19(25)16-4-1-9-20-21-16)10-8-17(14)23(18)11-7-15-3-2-12-26-15/h1-4,9,12,14,17H,5-8,10-11,13H2/t14-,17+/m1/s1. The van der Waals surface area contributed by atoms with E-state index in [9.17, 15) is 9.59 Å². The van der Waals surface area contributed by atoms with E-state index >= 15 is 0 Å². The molecule has 4 heterocycles. The van der Waals surface area contributed by atoms with Crippen LogP contribution in [0.1, 0.15) is 34.6 Å². The van der Waals surface area contributed by atoms with E-state index in [1.807, 2.05) is 4.90 Å². The van der Waals surface area contributed by atoms with Crippen LogP contribution in [0.25, 0.3) is 0 Å². The maximum atomic E-state index is 12.6. The van der Waals surface area contributed by atoms with E-state index in [4.69, 9.17) is 0 Å². The normalized spacial score (nSPS) is 23.0. The first kappa shape index (κ1) is 17.1. The topological polar surface area (TPSA) is 66.4 Å². The number of thiophene rings is 1. The lowest BCUT2D eigenvalue weighted by Crippen LogP contribution is -2.57. The Kier molecular flexibility index (Phi) is 4.97. The number of piperidine rings is 2. The predicted octanol–water partition coefficient (Wildman–Crippen LogP) is 2.23. The number of carbonyl (C=O) groups is 2. The molecule has 2 atom stereocenters. The maximum Gasteiger partial charge on any atom is 0.274 e. The van der Waals surface area contributed by atoms with E-state index in [2.05, 4.69) is 32.6 Å². The minimum atomic E-state index is -0.0569. The third kappa shape index (κ3) is 3.49. The van der Waals surface area contributed by atoms with Crippen LogP contribution < -0.4 is 0 Å². The van der Waals surface area contributed by atoms with Gasteiger partial charge >= 0.3 is 0 Å². The van der Waals surface area contributed by atoms with Crippen LogP contribution in [-0.4, -0.2) is 57.5 Å². The Bertz CT molecular complexity index is 765. The molecule has 0 saturated carbocycles. The van der Waals surface area contributed by atoms with Crippen LogP contribution in [0.2, 0.25) is 0 Å². The summed E-state index contributed by atoms with van der Waals surface area (Å²) in [6, 6.07) is 7.87. The zero-order valence-corrected chi connectivity index (χ0v) is 15.4. The van der Waals surface area contributed by atoms with E-state index in [0.717, 1.165) is 25.8 Å². The van der Waals surface area contributed by atoms with Gasteiger partial charge in [-0.15, -0.1) is 16.4 Å². The van der Waals surface area contributed by atoms with Gasteiger partial charge in [0.2, 0.25) is 5.91 Å². The van der Waals surface area contributed by atoms with Crippen molar-refractivity contribution in [2.75, 3.05) is 19.6 Å². The average molecular weight is 370 g/mol. The van der Waals surface area contributed by atoms with Crippen molar-refractivity contribution in [2.24, 2.45) is 5.92 Å². The number of amides is 2. The molecule has 0 bridgehead atoms. The number of fused-ring (bicyclic) bond motifs is 1. The first-order valence-electron chi connectivity index (χ1n) is 9.11. The highest BCUT2D eigenvalue weighted by molar-refractivity contribution is 7.09. The molecule has 4 rings (SSSR count). The van der Waals surface area contributed by atoms with Crippen LogP contribution in [0, 0.1) is 5.92 Å². The molecule has 2 aromatic heterocycles. The van der Waals surface area contributed by atoms with Crippen LogP contribution in [0.15, 0.2) is 35.8 Å². The van der Waals surface area contributed by atoms with Gasteiger partial charge in [0.05, 0.1) is 0 Å². The first-order chi connectivity index (χ1) is 12.7. The highest BCUT2D eigenvalue weighted by Gasteiger charge is 2.40. The summed E-state index contributed by atoms with van der Waals surface area (Å²) >= 11 is 1.74. The fourth-order valence-corrected chi connectivity index (χ4v) is 4.79. The molecule has 7 heteroatoms. The molecule has 136 valence electrons. The molecule has 2 aromatic rings. The minimum Gasteiger partial charge on any atom is -0.339 e. The number of hydrogen-bond donors (Lipinski definition) is 0. The SMILES string of the molecule is O=C(c1cccnn1)N1CC[C@H]2[C@H](CCC(=O)N2CCc2cccs2)C1. The summed E-state index contributed by atoms with van der Waals surface area (Å²) in [4.78, 5) is 30.4. The third-order valence-corrected chi connectivity index (χ3v) is 6.34. The van der Waals surface area contributed by atoms with Crippen LogP contribution in [0.3, 0.4) is 0 Å². The fourth-order valence-electron chi connectivity index (χ4n) is 4.09. The number of carbonyl (C=O) groups excluding carboxylic acids is 2. The smallest absolute Gasteiger partial charge is 0.274 e. The molecule has 2 fully saturated rings. The monoisotopic (exact) mass is 370 g/mol.